The fraction of sp³-hybridized carbons (Fsp3) is 0.176. The maximum Gasteiger partial charge on any atom is 0.573 e. The van der Waals surface area contributed by atoms with E-state index in [9.17, 15) is 35.1 Å². The van der Waals surface area contributed by atoms with Crippen molar-refractivity contribution in [2.24, 2.45) is 0 Å². The second kappa shape index (κ2) is 7.45. The van der Waals surface area contributed by atoms with Gasteiger partial charge in [0.15, 0.2) is 11.6 Å². The van der Waals surface area contributed by atoms with Gasteiger partial charge in [0.2, 0.25) is 5.75 Å². The van der Waals surface area contributed by atoms with E-state index < -0.39 is 47.0 Å². The highest BCUT2D eigenvalue weighted by molar-refractivity contribution is 5.50. The van der Waals surface area contributed by atoms with Gasteiger partial charge in [-0.3, -0.25) is 0 Å². The van der Waals surface area contributed by atoms with Crippen LogP contribution in [0.1, 0.15) is 18.1 Å². The van der Waals surface area contributed by atoms with Crippen molar-refractivity contribution in [3.05, 3.63) is 65.0 Å². The average Bonchev–Trinajstić information content (AvgIpc) is 2.50. The van der Waals surface area contributed by atoms with E-state index in [0.717, 1.165) is 12.1 Å². The highest BCUT2D eigenvalue weighted by atomic mass is 19.4. The fourth-order valence-corrected chi connectivity index (χ4v) is 2.08. The number of alkyl halides is 5. The number of halogens is 8. The molecule has 0 aliphatic heterocycles. The van der Waals surface area contributed by atoms with Gasteiger partial charge < -0.3 is 9.47 Å². The number of allylic oxidation sites excluding steroid dienone is 1. The summed E-state index contributed by atoms with van der Waals surface area (Å²) >= 11 is 0. The van der Waals surface area contributed by atoms with E-state index in [1.807, 2.05) is 0 Å². The summed E-state index contributed by atoms with van der Waals surface area (Å²) in [5.41, 5.74) is -0.951. The van der Waals surface area contributed by atoms with Crippen molar-refractivity contribution in [1.82, 2.24) is 0 Å². The molecule has 2 aromatic rings. The lowest BCUT2D eigenvalue weighted by molar-refractivity contribution is -0.276. The average molecular weight is 398 g/mol. The van der Waals surface area contributed by atoms with Crippen LogP contribution in [0.15, 0.2) is 36.4 Å². The number of rotatable bonds is 5. The van der Waals surface area contributed by atoms with Gasteiger partial charge >= 0.3 is 12.5 Å². The summed E-state index contributed by atoms with van der Waals surface area (Å²) in [4.78, 5) is 0. The molecule has 0 N–H and O–H groups in total. The summed E-state index contributed by atoms with van der Waals surface area (Å²) in [7, 11) is 0. The molecule has 0 aliphatic rings. The van der Waals surface area contributed by atoms with Crippen LogP contribution in [0, 0.1) is 17.5 Å². The molecule has 0 saturated heterocycles. The second-order valence-corrected chi connectivity index (χ2v) is 5.12. The van der Waals surface area contributed by atoms with Crippen molar-refractivity contribution in [2.75, 3.05) is 0 Å². The first-order valence-electron chi connectivity index (χ1n) is 7.17. The number of hydrogen-bond donors (Lipinski definition) is 0. The Bertz CT molecular complexity index is 835. The van der Waals surface area contributed by atoms with Crippen LogP contribution in [0.5, 0.6) is 11.5 Å². The first-order chi connectivity index (χ1) is 12.4. The summed E-state index contributed by atoms with van der Waals surface area (Å²) in [6, 6.07) is 2.76. The Hall–Kier alpha value is -2.78. The molecule has 2 nitrogen and oxygen atoms in total. The van der Waals surface area contributed by atoms with E-state index >= 15 is 0 Å². The van der Waals surface area contributed by atoms with Gasteiger partial charge in [-0.2, -0.15) is 8.78 Å². The Labute approximate surface area is 147 Å². The molecule has 146 valence electrons. The molecule has 10 heteroatoms. The fourth-order valence-electron chi connectivity index (χ4n) is 2.08. The molecule has 0 spiro atoms. The molecular weight excluding hydrogens is 388 g/mol. The highest BCUT2D eigenvalue weighted by Gasteiger charge is 2.39. The molecule has 0 fully saturated rings. The Morgan fingerprint density at radius 2 is 1.41 bits per heavy atom. The van der Waals surface area contributed by atoms with E-state index in [0.29, 0.717) is 6.07 Å². The van der Waals surface area contributed by atoms with E-state index in [1.54, 1.807) is 13.0 Å². The van der Waals surface area contributed by atoms with Crippen molar-refractivity contribution in [1.29, 1.82) is 0 Å². The summed E-state index contributed by atoms with van der Waals surface area (Å²) in [6.07, 6.45) is -6.77. The predicted molar refractivity (Wildman–Crippen MR) is 78.7 cm³/mol. The largest absolute Gasteiger partial charge is 0.573 e. The summed E-state index contributed by atoms with van der Waals surface area (Å²) < 4.78 is 113. The van der Waals surface area contributed by atoms with E-state index in [-0.39, 0.29) is 17.7 Å². The van der Waals surface area contributed by atoms with Crippen LogP contribution in [-0.2, 0) is 6.11 Å². The molecular formula is C17H10F8O2. The smallest absolute Gasteiger partial charge is 0.429 e. The molecule has 0 radical (unpaired) electrons. The molecule has 0 bridgehead atoms. The normalized spacial score (nSPS) is 12.5. The summed E-state index contributed by atoms with van der Waals surface area (Å²) in [6.45, 7) is 1.62. The Morgan fingerprint density at radius 3 is 1.89 bits per heavy atom. The van der Waals surface area contributed by atoms with E-state index in [1.165, 1.54) is 6.08 Å². The maximum atomic E-state index is 14.1. The standard InChI is InChI=1S/C17H10F8O2/c1-2-3-9-4-5-11(12(18)6-9)16(21,22)26-10-7-13(19)15(14(20)8-10)27-17(23,24)25/h2-8H,1H3/b3-2+. The van der Waals surface area contributed by atoms with Gasteiger partial charge in [0, 0.05) is 12.1 Å². The summed E-state index contributed by atoms with van der Waals surface area (Å²) in [5.74, 6) is -8.21. The lowest BCUT2D eigenvalue weighted by atomic mass is 10.1. The molecule has 0 atom stereocenters. The third-order valence-corrected chi connectivity index (χ3v) is 3.10. The SMILES string of the molecule is C/C=C/c1ccc(C(F)(F)Oc2cc(F)c(OC(F)(F)F)c(F)c2)c(F)c1. The van der Waals surface area contributed by atoms with E-state index in [2.05, 4.69) is 9.47 Å². The number of hydrogen-bond acceptors (Lipinski definition) is 2. The third kappa shape index (κ3) is 5.11. The maximum absolute atomic E-state index is 14.1. The van der Waals surface area contributed by atoms with Gasteiger partial charge in [-0.1, -0.05) is 18.2 Å². The minimum Gasteiger partial charge on any atom is -0.429 e. The molecule has 0 heterocycles. The van der Waals surface area contributed by atoms with Gasteiger partial charge in [0.1, 0.15) is 11.6 Å². The zero-order chi connectivity index (χ0) is 20.4. The lowest BCUT2D eigenvalue weighted by Gasteiger charge is -2.20. The van der Waals surface area contributed by atoms with Crippen molar-refractivity contribution < 1.29 is 44.6 Å². The lowest BCUT2D eigenvalue weighted by Crippen LogP contribution is -2.24. The molecule has 0 aliphatic carbocycles. The van der Waals surface area contributed by atoms with Gasteiger partial charge in [-0.25, -0.2) is 13.2 Å². The van der Waals surface area contributed by atoms with Crippen molar-refractivity contribution >= 4 is 6.08 Å². The molecule has 2 aromatic carbocycles. The van der Waals surface area contributed by atoms with Gasteiger partial charge in [0.05, 0.1) is 5.56 Å². The minimum absolute atomic E-state index is 0.0597. The van der Waals surface area contributed by atoms with Gasteiger partial charge in [-0.15, -0.1) is 13.2 Å². The predicted octanol–water partition coefficient (Wildman–Crippen LogP) is 6.16. The van der Waals surface area contributed by atoms with Gasteiger partial charge in [0.25, 0.3) is 0 Å². The Morgan fingerprint density at radius 1 is 0.815 bits per heavy atom. The molecule has 0 unspecified atom stereocenters. The van der Waals surface area contributed by atoms with Crippen LogP contribution in [-0.4, -0.2) is 6.36 Å². The van der Waals surface area contributed by atoms with E-state index in [4.69, 9.17) is 0 Å². The van der Waals surface area contributed by atoms with Crippen LogP contribution in [0.2, 0.25) is 0 Å². The minimum atomic E-state index is -5.40. The van der Waals surface area contributed by atoms with Crippen LogP contribution >= 0.6 is 0 Å². The first-order valence-corrected chi connectivity index (χ1v) is 7.17. The second-order valence-electron chi connectivity index (χ2n) is 5.12. The van der Waals surface area contributed by atoms with Crippen molar-refractivity contribution in [2.45, 2.75) is 19.4 Å². The van der Waals surface area contributed by atoms with Crippen LogP contribution < -0.4 is 9.47 Å². The van der Waals surface area contributed by atoms with Crippen molar-refractivity contribution in [3.63, 3.8) is 0 Å². The zero-order valence-electron chi connectivity index (χ0n) is 13.4. The molecule has 0 aromatic heterocycles. The van der Waals surface area contributed by atoms with Crippen molar-refractivity contribution in [3.8, 4) is 11.5 Å². The quantitative estimate of drug-likeness (QED) is 0.562. The highest BCUT2D eigenvalue weighted by Crippen LogP contribution is 2.37. The Balaban J connectivity index is 2.32. The van der Waals surface area contributed by atoms with Crippen LogP contribution in [0.3, 0.4) is 0 Å². The third-order valence-electron chi connectivity index (χ3n) is 3.10. The van der Waals surface area contributed by atoms with Gasteiger partial charge in [-0.05, 0) is 24.6 Å². The number of ether oxygens (including phenoxy) is 2. The monoisotopic (exact) mass is 398 g/mol. The Kier molecular flexibility index (Phi) is 5.67. The molecule has 27 heavy (non-hydrogen) atoms. The first kappa shape index (κ1) is 20.5. The molecule has 0 saturated carbocycles. The van der Waals surface area contributed by atoms with Crippen LogP contribution in [0.4, 0.5) is 35.1 Å². The molecule has 0 amide bonds. The topological polar surface area (TPSA) is 18.5 Å². The zero-order valence-corrected chi connectivity index (χ0v) is 13.4. The van der Waals surface area contributed by atoms with Crippen LogP contribution in [0.25, 0.3) is 6.08 Å². The summed E-state index contributed by atoms with van der Waals surface area (Å²) in [5, 5.41) is 0. The molecule has 2 rings (SSSR count). The number of benzene rings is 2.